The molecular formula is C21H24O3. The molecule has 0 aromatic heterocycles. The third kappa shape index (κ3) is 3.91. The van der Waals surface area contributed by atoms with Gasteiger partial charge in [-0.3, -0.25) is 0 Å². The smallest absolute Gasteiger partial charge is 0.169 e. The molecule has 0 saturated heterocycles. The van der Waals surface area contributed by atoms with E-state index < -0.39 is 0 Å². The summed E-state index contributed by atoms with van der Waals surface area (Å²) in [7, 11) is 1.67. The Balaban J connectivity index is 1.84. The maximum atomic E-state index is 6.19. The van der Waals surface area contributed by atoms with E-state index in [1.54, 1.807) is 7.11 Å². The first-order valence-electron chi connectivity index (χ1n) is 8.59. The van der Waals surface area contributed by atoms with E-state index in [1.165, 1.54) is 12.8 Å². The summed E-state index contributed by atoms with van der Waals surface area (Å²) in [4.78, 5) is 0. The van der Waals surface area contributed by atoms with E-state index >= 15 is 0 Å². The molecular weight excluding hydrogens is 300 g/mol. The predicted molar refractivity (Wildman–Crippen MR) is 96.6 cm³/mol. The van der Waals surface area contributed by atoms with Crippen LogP contribution in [0, 0.1) is 0 Å². The second-order valence-electron chi connectivity index (χ2n) is 5.97. The minimum Gasteiger partial charge on any atom is -0.497 e. The third-order valence-corrected chi connectivity index (χ3v) is 4.16. The van der Waals surface area contributed by atoms with E-state index in [2.05, 4.69) is 13.0 Å². The molecule has 1 aliphatic heterocycles. The molecule has 0 radical (unpaired) electrons. The van der Waals surface area contributed by atoms with Gasteiger partial charge < -0.3 is 14.2 Å². The minimum absolute atomic E-state index is 0.0337. The quantitative estimate of drug-likeness (QED) is 0.661. The molecule has 24 heavy (non-hydrogen) atoms. The first-order valence-corrected chi connectivity index (χ1v) is 8.59. The molecule has 1 heterocycles. The SMILES string of the molecule is CCCCCC1Oc2ccccc2O/C1=C\c1ccc(OC)cc1. The fourth-order valence-electron chi connectivity index (χ4n) is 2.80. The van der Waals surface area contributed by atoms with Crippen LogP contribution in [0.2, 0.25) is 0 Å². The maximum Gasteiger partial charge on any atom is 0.169 e. The highest BCUT2D eigenvalue weighted by Crippen LogP contribution is 2.37. The van der Waals surface area contributed by atoms with Gasteiger partial charge in [-0.2, -0.15) is 0 Å². The van der Waals surface area contributed by atoms with E-state index in [0.717, 1.165) is 41.4 Å². The Morgan fingerprint density at radius 2 is 1.75 bits per heavy atom. The van der Waals surface area contributed by atoms with Crippen molar-refractivity contribution in [2.75, 3.05) is 7.11 Å². The molecule has 3 rings (SSSR count). The molecule has 3 nitrogen and oxygen atoms in total. The lowest BCUT2D eigenvalue weighted by Gasteiger charge is -2.28. The van der Waals surface area contributed by atoms with Gasteiger partial charge in [0.05, 0.1) is 7.11 Å². The number of ether oxygens (including phenoxy) is 3. The lowest BCUT2D eigenvalue weighted by Crippen LogP contribution is -2.27. The Kier molecular flexibility index (Phi) is 5.42. The van der Waals surface area contributed by atoms with Crippen molar-refractivity contribution in [2.24, 2.45) is 0 Å². The number of hydrogen-bond donors (Lipinski definition) is 0. The van der Waals surface area contributed by atoms with Crippen molar-refractivity contribution < 1.29 is 14.2 Å². The Labute approximate surface area is 143 Å². The van der Waals surface area contributed by atoms with Crippen molar-refractivity contribution in [3.05, 3.63) is 59.9 Å². The summed E-state index contributed by atoms with van der Waals surface area (Å²) in [6, 6.07) is 15.8. The van der Waals surface area contributed by atoms with Gasteiger partial charge in [0.1, 0.15) is 11.5 Å². The van der Waals surface area contributed by atoms with Crippen molar-refractivity contribution in [2.45, 2.75) is 38.7 Å². The van der Waals surface area contributed by atoms with Crippen molar-refractivity contribution in [1.29, 1.82) is 0 Å². The summed E-state index contributed by atoms with van der Waals surface area (Å²) >= 11 is 0. The Morgan fingerprint density at radius 1 is 1.00 bits per heavy atom. The largest absolute Gasteiger partial charge is 0.497 e. The van der Waals surface area contributed by atoms with Crippen molar-refractivity contribution in [3.63, 3.8) is 0 Å². The molecule has 2 aromatic rings. The number of fused-ring (bicyclic) bond motifs is 1. The Bertz CT molecular complexity index is 688. The van der Waals surface area contributed by atoms with Gasteiger partial charge in [-0.15, -0.1) is 0 Å². The van der Waals surface area contributed by atoms with Crippen LogP contribution in [0.4, 0.5) is 0 Å². The molecule has 0 saturated carbocycles. The average Bonchev–Trinajstić information content (AvgIpc) is 2.63. The zero-order valence-electron chi connectivity index (χ0n) is 14.3. The van der Waals surface area contributed by atoms with E-state index in [-0.39, 0.29) is 6.10 Å². The highest BCUT2D eigenvalue weighted by atomic mass is 16.6. The zero-order valence-corrected chi connectivity index (χ0v) is 14.3. The number of rotatable bonds is 6. The molecule has 3 heteroatoms. The van der Waals surface area contributed by atoms with Gasteiger partial charge in [0.15, 0.2) is 17.6 Å². The lowest BCUT2D eigenvalue weighted by molar-refractivity contribution is 0.139. The molecule has 1 atom stereocenters. The predicted octanol–water partition coefficient (Wildman–Crippen LogP) is 5.46. The van der Waals surface area contributed by atoms with Gasteiger partial charge in [-0.25, -0.2) is 0 Å². The second-order valence-corrected chi connectivity index (χ2v) is 5.97. The first kappa shape index (κ1) is 16.4. The van der Waals surface area contributed by atoms with Gasteiger partial charge in [-0.1, -0.05) is 44.0 Å². The molecule has 1 aliphatic rings. The van der Waals surface area contributed by atoms with Crippen LogP contribution in [-0.4, -0.2) is 13.2 Å². The van der Waals surface area contributed by atoms with Gasteiger partial charge in [0, 0.05) is 0 Å². The third-order valence-electron chi connectivity index (χ3n) is 4.16. The van der Waals surface area contributed by atoms with Crippen LogP contribution >= 0.6 is 0 Å². The monoisotopic (exact) mass is 324 g/mol. The lowest BCUT2D eigenvalue weighted by atomic mass is 10.1. The van der Waals surface area contributed by atoms with Gasteiger partial charge in [0.2, 0.25) is 0 Å². The summed E-state index contributed by atoms with van der Waals surface area (Å²) in [5.41, 5.74) is 1.08. The molecule has 0 spiro atoms. The summed E-state index contributed by atoms with van der Waals surface area (Å²) in [5, 5.41) is 0. The van der Waals surface area contributed by atoms with Crippen LogP contribution in [0.15, 0.2) is 54.3 Å². The second kappa shape index (κ2) is 7.91. The minimum atomic E-state index is -0.0337. The van der Waals surface area contributed by atoms with Crippen LogP contribution in [0.25, 0.3) is 6.08 Å². The van der Waals surface area contributed by atoms with Crippen molar-refractivity contribution >= 4 is 6.08 Å². The number of para-hydroxylation sites is 2. The zero-order chi connectivity index (χ0) is 16.8. The normalized spacial score (nSPS) is 17.8. The van der Waals surface area contributed by atoms with E-state index in [4.69, 9.17) is 14.2 Å². The van der Waals surface area contributed by atoms with E-state index in [9.17, 15) is 0 Å². The van der Waals surface area contributed by atoms with Crippen LogP contribution in [0.3, 0.4) is 0 Å². The fraction of sp³-hybridized carbons (Fsp3) is 0.333. The van der Waals surface area contributed by atoms with Crippen LogP contribution < -0.4 is 14.2 Å². The first-order chi connectivity index (χ1) is 11.8. The van der Waals surface area contributed by atoms with Crippen molar-refractivity contribution in [1.82, 2.24) is 0 Å². The molecule has 0 fully saturated rings. The summed E-state index contributed by atoms with van der Waals surface area (Å²) in [6.45, 7) is 2.21. The molecule has 0 bridgehead atoms. The fourth-order valence-corrected chi connectivity index (χ4v) is 2.80. The summed E-state index contributed by atoms with van der Waals surface area (Å²) in [5.74, 6) is 3.33. The van der Waals surface area contributed by atoms with Gasteiger partial charge in [-0.05, 0) is 48.7 Å². The molecule has 126 valence electrons. The molecule has 0 N–H and O–H groups in total. The highest BCUT2D eigenvalue weighted by Gasteiger charge is 2.25. The molecule has 0 aliphatic carbocycles. The number of benzene rings is 2. The van der Waals surface area contributed by atoms with E-state index in [0.29, 0.717) is 0 Å². The average molecular weight is 324 g/mol. The van der Waals surface area contributed by atoms with Gasteiger partial charge in [0.25, 0.3) is 0 Å². The topological polar surface area (TPSA) is 27.7 Å². The van der Waals surface area contributed by atoms with Crippen molar-refractivity contribution in [3.8, 4) is 17.2 Å². The van der Waals surface area contributed by atoms with E-state index in [1.807, 2.05) is 48.5 Å². The Morgan fingerprint density at radius 3 is 2.46 bits per heavy atom. The van der Waals surface area contributed by atoms with Gasteiger partial charge >= 0.3 is 0 Å². The van der Waals surface area contributed by atoms with Crippen LogP contribution in [-0.2, 0) is 0 Å². The molecule has 1 unspecified atom stereocenters. The molecule has 2 aromatic carbocycles. The van der Waals surface area contributed by atoms with Crippen LogP contribution in [0.5, 0.6) is 17.2 Å². The van der Waals surface area contributed by atoms with Crippen LogP contribution in [0.1, 0.15) is 38.2 Å². The summed E-state index contributed by atoms with van der Waals surface area (Å²) in [6.07, 6.45) is 6.52. The number of methoxy groups -OCH3 is 1. The Hall–Kier alpha value is -2.42. The molecule has 0 amide bonds. The maximum absolute atomic E-state index is 6.19. The summed E-state index contributed by atoms with van der Waals surface area (Å²) < 4.78 is 17.5. The highest BCUT2D eigenvalue weighted by molar-refractivity contribution is 5.56. The standard InChI is InChI=1S/C21H24O3/c1-3-4-5-8-20-21(15-16-11-13-17(22-2)14-12-16)24-19-10-7-6-9-18(19)23-20/h6-7,9-15,20H,3-5,8H2,1-2H3/b21-15-. The number of unbranched alkanes of at least 4 members (excludes halogenated alkanes) is 2. The number of hydrogen-bond acceptors (Lipinski definition) is 3.